The van der Waals surface area contributed by atoms with Crippen LogP contribution in [0.25, 0.3) is 33.9 Å². The number of nitrogens with zero attached hydrogens (tertiary/aromatic N) is 4. The highest BCUT2D eigenvalue weighted by Gasteiger charge is 2.20. The van der Waals surface area contributed by atoms with Gasteiger partial charge in [-0.05, 0) is 89.5 Å². The number of thiophene rings is 1. The summed E-state index contributed by atoms with van der Waals surface area (Å²) in [6.07, 6.45) is 16.0. The van der Waals surface area contributed by atoms with E-state index in [2.05, 4.69) is 20.5 Å². The van der Waals surface area contributed by atoms with E-state index >= 15 is 0 Å². The minimum atomic E-state index is -3.79. The number of benzene rings is 2. The van der Waals surface area contributed by atoms with E-state index in [1.807, 2.05) is 18.2 Å². The van der Waals surface area contributed by atoms with Crippen LogP contribution < -0.4 is 16.5 Å². The Morgan fingerprint density at radius 1 is 0.786 bits per heavy atom. The highest BCUT2D eigenvalue weighted by molar-refractivity contribution is 7.92. The van der Waals surface area contributed by atoms with Crippen molar-refractivity contribution in [2.24, 2.45) is 0 Å². The average molecular weight is 809 g/mol. The van der Waals surface area contributed by atoms with Gasteiger partial charge in [-0.15, -0.1) is 11.3 Å². The number of hydrogen-bond acceptors (Lipinski definition) is 11. The zero-order valence-electron chi connectivity index (χ0n) is 29.0. The van der Waals surface area contributed by atoms with Gasteiger partial charge < -0.3 is 11.1 Å². The Balaban J connectivity index is 0.000000194. The van der Waals surface area contributed by atoms with Crippen molar-refractivity contribution in [3.8, 4) is 21.7 Å². The predicted molar refractivity (Wildman–Crippen MR) is 213 cm³/mol. The first-order valence-electron chi connectivity index (χ1n) is 16.4. The number of nitrogens with two attached hydrogens (primary N) is 1. The molecule has 2 amide bonds. The van der Waals surface area contributed by atoms with Gasteiger partial charge in [-0.3, -0.25) is 24.9 Å². The van der Waals surface area contributed by atoms with Crippen LogP contribution in [0, 0.1) is 0 Å². The SMILES string of the molecule is Nc1ccccc1NC(=O)/C=C/c1ccn(S(=O)(=O)c2cccc(-c3cn[nH]c3)c2)c1.O=C(/C=C/c1ccn(S(=O)(=O)c2ccc(-c3ccccn3)s2)c1)NO. The summed E-state index contributed by atoms with van der Waals surface area (Å²) in [6.45, 7) is 0. The van der Waals surface area contributed by atoms with E-state index in [0.717, 1.165) is 41.4 Å². The first-order valence-corrected chi connectivity index (χ1v) is 20.1. The fraction of sp³-hybridized carbons (Fsp3) is 0. The first-order chi connectivity index (χ1) is 26.9. The first kappa shape index (κ1) is 38.9. The Kier molecular flexibility index (Phi) is 11.8. The number of aromatic nitrogens is 5. The van der Waals surface area contributed by atoms with Crippen molar-refractivity contribution in [1.29, 1.82) is 0 Å². The van der Waals surface area contributed by atoms with Crippen LogP contribution in [0.4, 0.5) is 11.4 Å². The molecule has 0 aliphatic rings. The van der Waals surface area contributed by atoms with Gasteiger partial charge in [-0.2, -0.15) is 13.5 Å². The van der Waals surface area contributed by atoms with Gasteiger partial charge in [0.05, 0.1) is 33.0 Å². The van der Waals surface area contributed by atoms with Crippen LogP contribution >= 0.6 is 11.3 Å². The predicted octanol–water partition coefficient (Wildman–Crippen LogP) is 5.72. The monoisotopic (exact) mass is 808 g/mol. The summed E-state index contributed by atoms with van der Waals surface area (Å²) in [5, 5.41) is 17.7. The second-order valence-corrected chi connectivity index (χ2v) is 16.6. The van der Waals surface area contributed by atoms with Crippen LogP contribution in [-0.2, 0) is 29.6 Å². The van der Waals surface area contributed by atoms with E-state index in [1.165, 1.54) is 54.6 Å². The summed E-state index contributed by atoms with van der Waals surface area (Å²) in [4.78, 5) is 28.2. The summed E-state index contributed by atoms with van der Waals surface area (Å²) in [5.41, 5.74) is 11.5. The van der Waals surface area contributed by atoms with Crippen molar-refractivity contribution in [2.75, 3.05) is 11.1 Å². The molecule has 6 N–H and O–H groups in total. The maximum absolute atomic E-state index is 13.0. The van der Waals surface area contributed by atoms with Gasteiger partial charge in [0, 0.05) is 54.9 Å². The van der Waals surface area contributed by atoms with Crippen LogP contribution in [-0.4, -0.2) is 57.0 Å². The molecule has 0 bridgehead atoms. The molecule has 0 fully saturated rings. The van der Waals surface area contributed by atoms with E-state index < -0.39 is 26.0 Å². The molecule has 5 aromatic heterocycles. The Labute approximate surface area is 325 Å². The van der Waals surface area contributed by atoms with Crippen LogP contribution in [0.1, 0.15) is 11.1 Å². The third kappa shape index (κ3) is 9.25. The molecule has 0 unspecified atom stereocenters. The summed E-state index contributed by atoms with van der Waals surface area (Å²) < 4.78 is 53.8. The lowest BCUT2D eigenvalue weighted by Crippen LogP contribution is -2.14. The van der Waals surface area contributed by atoms with Gasteiger partial charge in [0.1, 0.15) is 4.21 Å². The minimum Gasteiger partial charge on any atom is -0.397 e. The van der Waals surface area contributed by atoms with Gasteiger partial charge in [-0.1, -0.05) is 30.3 Å². The molecular weight excluding hydrogens is 777 g/mol. The number of nitrogens with one attached hydrogen (secondary N) is 3. The fourth-order valence-corrected chi connectivity index (χ4v) is 8.87. The number of pyridine rings is 1. The van der Waals surface area contributed by atoms with Crippen LogP contribution in [0.15, 0.2) is 156 Å². The maximum atomic E-state index is 13.0. The molecule has 5 heterocycles. The van der Waals surface area contributed by atoms with Gasteiger partial charge in [0.2, 0.25) is 5.91 Å². The number of rotatable bonds is 11. The zero-order chi connectivity index (χ0) is 39.7. The summed E-state index contributed by atoms with van der Waals surface area (Å²) >= 11 is 1.13. The third-order valence-electron chi connectivity index (χ3n) is 7.84. The van der Waals surface area contributed by atoms with Gasteiger partial charge in [0.15, 0.2) is 0 Å². The van der Waals surface area contributed by atoms with Crippen molar-refractivity contribution < 1.29 is 31.6 Å². The Hall–Kier alpha value is -6.86. The highest BCUT2D eigenvalue weighted by Crippen LogP contribution is 2.31. The molecule has 18 heteroatoms. The van der Waals surface area contributed by atoms with Gasteiger partial charge in [0.25, 0.3) is 26.0 Å². The topological polar surface area (TPSA) is 224 Å². The van der Waals surface area contributed by atoms with E-state index in [4.69, 9.17) is 10.9 Å². The van der Waals surface area contributed by atoms with E-state index in [1.54, 1.807) is 85.3 Å². The molecule has 0 saturated heterocycles. The molecule has 0 atom stereocenters. The number of para-hydroxylation sites is 2. The van der Waals surface area contributed by atoms with Crippen molar-refractivity contribution in [3.05, 3.63) is 158 Å². The number of anilines is 2. The Morgan fingerprint density at radius 3 is 2.14 bits per heavy atom. The summed E-state index contributed by atoms with van der Waals surface area (Å²) in [5.74, 6) is -1.07. The van der Waals surface area contributed by atoms with E-state index in [-0.39, 0.29) is 15.0 Å². The van der Waals surface area contributed by atoms with Gasteiger partial charge in [-0.25, -0.2) is 21.8 Å². The maximum Gasteiger partial charge on any atom is 0.277 e. The molecule has 0 radical (unpaired) electrons. The lowest BCUT2D eigenvalue weighted by Gasteiger charge is -2.07. The molecule has 56 heavy (non-hydrogen) atoms. The standard InChI is InChI=1S/C22H19N5O3S.C16H13N3O4S2/c23-20-6-1-2-7-21(20)26-22(28)9-8-16-10-11-27(15-16)31(29,30)19-5-3-4-17(12-19)18-13-24-25-14-18;20-15(18-21)6-4-12-8-10-19(11-12)25(22,23)16-7-5-14(24-16)13-3-1-2-9-17-13/h1-15H,23H2,(H,24,25)(H,26,28);1-11,21H,(H,18,20)/b9-8+;6-4+. The molecular formula is C38H32N8O7S3. The van der Waals surface area contributed by atoms with Crippen LogP contribution in [0.3, 0.4) is 0 Å². The number of hydroxylamine groups is 1. The molecule has 7 rings (SSSR count). The third-order valence-corrected chi connectivity index (χ3v) is 12.7. The zero-order valence-corrected chi connectivity index (χ0v) is 31.4. The number of aromatic amines is 1. The molecule has 2 aromatic carbocycles. The molecule has 7 aromatic rings. The van der Waals surface area contributed by atoms with Crippen LogP contribution in [0.5, 0.6) is 0 Å². The number of amides is 2. The van der Waals surface area contributed by atoms with E-state index in [0.29, 0.717) is 28.2 Å². The Morgan fingerprint density at radius 2 is 1.48 bits per heavy atom. The molecule has 15 nitrogen and oxygen atoms in total. The molecule has 284 valence electrons. The lowest BCUT2D eigenvalue weighted by molar-refractivity contribution is -0.124. The minimum absolute atomic E-state index is 0.148. The average Bonchev–Trinajstić information content (AvgIpc) is 4.06. The van der Waals surface area contributed by atoms with Crippen molar-refractivity contribution in [2.45, 2.75) is 9.10 Å². The van der Waals surface area contributed by atoms with Crippen molar-refractivity contribution in [3.63, 3.8) is 0 Å². The molecule has 0 aliphatic heterocycles. The smallest absolute Gasteiger partial charge is 0.277 e. The lowest BCUT2D eigenvalue weighted by atomic mass is 10.1. The molecule has 0 spiro atoms. The quantitative estimate of drug-likeness (QED) is 0.0463. The Bertz CT molecular complexity index is 2750. The fourth-order valence-electron chi connectivity index (χ4n) is 5.02. The summed E-state index contributed by atoms with van der Waals surface area (Å²) in [7, 11) is -7.52. The van der Waals surface area contributed by atoms with E-state index in [9.17, 15) is 26.4 Å². The van der Waals surface area contributed by atoms with Gasteiger partial charge >= 0.3 is 0 Å². The number of carbonyl (C=O) groups is 2. The number of H-pyrrole nitrogens is 1. The van der Waals surface area contributed by atoms with Crippen molar-refractivity contribution >= 4 is 66.7 Å². The molecule has 0 saturated carbocycles. The number of nitrogen functional groups attached to an aromatic ring is 1. The summed E-state index contributed by atoms with van der Waals surface area (Å²) in [6, 6.07) is 25.4. The van der Waals surface area contributed by atoms with Crippen LogP contribution in [0.2, 0.25) is 0 Å². The van der Waals surface area contributed by atoms with Crippen molar-refractivity contribution in [1.82, 2.24) is 28.6 Å². The number of hydrogen-bond donors (Lipinski definition) is 5. The highest BCUT2D eigenvalue weighted by atomic mass is 32.2. The molecule has 0 aliphatic carbocycles. The largest absolute Gasteiger partial charge is 0.397 e. The normalized spacial score (nSPS) is 11.7. The second-order valence-electron chi connectivity index (χ2n) is 11.6. The number of carbonyl (C=O) groups excluding carboxylic acids is 2. The second kappa shape index (κ2) is 17.1.